The number of carbonyl (C=O) groups excluding carboxylic acids is 2. The highest BCUT2D eigenvalue weighted by molar-refractivity contribution is 7.09. The summed E-state index contributed by atoms with van der Waals surface area (Å²) in [4.78, 5) is 34.6. The second-order valence-corrected chi connectivity index (χ2v) is 9.69. The van der Waals surface area contributed by atoms with Crippen LogP contribution in [0.4, 0.5) is 0 Å². The van der Waals surface area contributed by atoms with Gasteiger partial charge < -0.3 is 14.8 Å². The molecule has 0 radical (unpaired) electrons. The summed E-state index contributed by atoms with van der Waals surface area (Å²) < 4.78 is 0. The van der Waals surface area contributed by atoms with Gasteiger partial charge in [-0.1, -0.05) is 26.0 Å². The average Bonchev–Trinajstić information content (AvgIpc) is 3.47. The Morgan fingerprint density at radius 2 is 1.94 bits per heavy atom. The standard InChI is InChI=1S/C14H18N2O.C11H16N2OS/c1-9(2)10-6-5-7-12-11(10)8-13(15-12)14(17)16(3)4;14-11(13-7-2-1-3-8-13)5-4-10-12-6-9-15-10/h5-9,15H,1-4H3;6,9H,1-5,7-8H2. The van der Waals surface area contributed by atoms with Gasteiger partial charge in [0.1, 0.15) is 5.69 Å². The normalized spacial score (nSPS) is 13.7. The molecule has 2 amide bonds. The number of piperidine rings is 1. The third kappa shape index (κ3) is 6.19. The van der Waals surface area contributed by atoms with E-state index in [0.29, 0.717) is 23.9 Å². The Kier molecular flexibility index (Phi) is 8.45. The molecular formula is C25H34N4O2S. The Morgan fingerprint density at radius 3 is 2.56 bits per heavy atom. The van der Waals surface area contributed by atoms with Crippen LogP contribution in [0.1, 0.15) is 66.5 Å². The Hall–Kier alpha value is -2.67. The van der Waals surface area contributed by atoms with Crippen molar-refractivity contribution < 1.29 is 9.59 Å². The van der Waals surface area contributed by atoms with Gasteiger partial charge in [-0.05, 0) is 42.9 Å². The molecule has 3 aromatic rings. The quantitative estimate of drug-likeness (QED) is 0.584. The van der Waals surface area contributed by atoms with Crippen molar-refractivity contribution in [1.82, 2.24) is 19.8 Å². The second kappa shape index (κ2) is 11.3. The number of fused-ring (bicyclic) bond motifs is 1. The van der Waals surface area contributed by atoms with E-state index in [1.54, 1.807) is 36.5 Å². The molecule has 172 valence electrons. The fourth-order valence-corrected chi connectivity index (χ4v) is 4.55. The molecule has 6 nitrogen and oxygen atoms in total. The van der Waals surface area contributed by atoms with E-state index in [4.69, 9.17) is 0 Å². The van der Waals surface area contributed by atoms with Crippen LogP contribution in [-0.4, -0.2) is 58.8 Å². The van der Waals surface area contributed by atoms with Crippen LogP contribution in [0, 0.1) is 0 Å². The number of aromatic amines is 1. The summed E-state index contributed by atoms with van der Waals surface area (Å²) in [6, 6.07) is 8.10. The first kappa shape index (κ1) is 24.0. The zero-order chi connectivity index (χ0) is 23.1. The van der Waals surface area contributed by atoms with Crippen LogP contribution in [0.25, 0.3) is 10.9 Å². The molecule has 1 N–H and O–H groups in total. The Labute approximate surface area is 194 Å². The monoisotopic (exact) mass is 454 g/mol. The summed E-state index contributed by atoms with van der Waals surface area (Å²) in [7, 11) is 3.52. The van der Waals surface area contributed by atoms with Gasteiger partial charge in [0.2, 0.25) is 5.91 Å². The molecule has 0 unspecified atom stereocenters. The minimum atomic E-state index is 0.0101. The SMILES string of the molecule is CC(C)c1cccc2[nH]c(C(=O)N(C)C)cc12.O=C(CCc1nccs1)N1CCCCC1. The summed E-state index contributed by atoms with van der Waals surface area (Å²) in [5, 5.41) is 4.17. The van der Waals surface area contributed by atoms with Crippen molar-refractivity contribution in [3.8, 4) is 0 Å². The summed E-state index contributed by atoms with van der Waals surface area (Å²) >= 11 is 1.63. The van der Waals surface area contributed by atoms with Crippen molar-refractivity contribution in [2.75, 3.05) is 27.2 Å². The fraction of sp³-hybridized carbons (Fsp3) is 0.480. The number of benzene rings is 1. The van der Waals surface area contributed by atoms with Crippen molar-refractivity contribution in [2.45, 2.75) is 51.9 Å². The minimum absolute atomic E-state index is 0.0101. The number of nitrogens with one attached hydrogen (secondary N) is 1. The lowest BCUT2D eigenvalue weighted by molar-refractivity contribution is -0.132. The molecule has 0 spiro atoms. The maximum absolute atomic E-state index is 11.9. The summed E-state index contributed by atoms with van der Waals surface area (Å²) in [6.45, 7) is 6.23. The number of H-pyrrole nitrogens is 1. The van der Waals surface area contributed by atoms with Crippen LogP contribution >= 0.6 is 11.3 Å². The van der Waals surface area contributed by atoms with Crippen LogP contribution in [-0.2, 0) is 11.2 Å². The van der Waals surface area contributed by atoms with Gasteiger partial charge in [-0.15, -0.1) is 11.3 Å². The van der Waals surface area contributed by atoms with Gasteiger partial charge in [-0.25, -0.2) is 4.98 Å². The van der Waals surface area contributed by atoms with Crippen molar-refractivity contribution in [3.05, 3.63) is 52.1 Å². The van der Waals surface area contributed by atoms with Crippen LogP contribution in [0.3, 0.4) is 0 Å². The largest absolute Gasteiger partial charge is 0.351 e. The van der Waals surface area contributed by atoms with E-state index in [0.717, 1.165) is 35.4 Å². The average molecular weight is 455 g/mol. The third-order valence-corrected chi connectivity index (χ3v) is 6.54. The molecule has 3 heterocycles. The van der Waals surface area contributed by atoms with Crippen molar-refractivity contribution in [3.63, 3.8) is 0 Å². The lowest BCUT2D eigenvalue weighted by Crippen LogP contribution is -2.35. The number of hydrogen-bond donors (Lipinski definition) is 1. The number of hydrogen-bond acceptors (Lipinski definition) is 4. The molecule has 1 aliphatic heterocycles. The molecular weight excluding hydrogens is 420 g/mol. The summed E-state index contributed by atoms with van der Waals surface area (Å²) in [5.74, 6) is 0.762. The number of aromatic nitrogens is 2. The van der Waals surface area contributed by atoms with Gasteiger partial charge in [0.15, 0.2) is 0 Å². The molecule has 0 aliphatic carbocycles. The molecule has 0 atom stereocenters. The van der Waals surface area contributed by atoms with E-state index in [2.05, 4.69) is 29.9 Å². The van der Waals surface area contributed by atoms with E-state index in [1.807, 2.05) is 28.5 Å². The lowest BCUT2D eigenvalue weighted by atomic mass is 9.99. The molecule has 32 heavy (non-hydrogen) atoms. The number of aryl methyl sites for hydroxylation is 1. The minimum Gasteiger partial charge on any atom is -0.351 e. The number of thiazole rings is 1. The third-order valence-electron chi connectivity index (χ3n) is 5.70. The first-order chi connectivity index (χ1) is 15.4. The van der Waals surface area contributed by atoms with E-state index >= 15 is 0 Å². The highest BCUT2D eigenvalue weighted by Gasteiger charge is 2.16. The van der Waals surface area contributed by atoms with Gasteiger partial charge in [-0.3, -0.25) is 9.59 Å². The van der Waals surface area contributed by atoms with Crippen LogP contribution in [0.15, 0.2) is 35.8 Å². The fourth-order valence-electron chi connectivity index (χ4n) is 3.93. The summed E-state index contributed by atoms with van der Waals surface area (Å²) in [5.41, 5.74) is 2.95. The first-order valence-corrected chi connectivity index (χ1v) is 12.2. The number of carbonyl (C=O) groups is 2. The van der Waals surface area contributed by atoms with Gasteiger partial charge in [0.25, 0.3) is 5.91 Å². The molecule has 0 bridgehead atoms. The van der Waals surface area contributed by atoms with Crippen molar-refractivity contribution >= 4 is 34.1 Å². The van der Waals surface area contributed by atoms with Gasteiger partial charge in [0, 0.05) is 62.5 Å². The maximum Gasteiger partial charge on any atom is 0.269 e. The number of rotatable bonds is 5. The van der Waals surface area contributed by atoms with Gasteiger partial charge >= 0.3 is 0 Å². The summed E-state index contributed by atoms with van der Waals surface area (Å²) in [6.07, 6.45) is 6.83. The van der Waals surface area contributed by atoms with E-state index in [9.17, 15) is 9.59 Å². The highest BCUT2D eigenvalue weighted by Crippen LogP contribution is 2.26. The van der Waals surface area contributed by atoms with Crippen LogP contribution in [0.2, 0.25) is 0 Å². The number of amides is 2. The zero-order valence-electron chi connectivity index (χ0n) is 19.6. The number of nitrogens with zero attached hydrogens (tertiary/aromatic N) is 3. The predicted molar refractivity (Wildman–Crippen MR) is 131 cm³/mol. The topological polar surface area (TPSA) is 69.3 Å². The molecule has 1 saturated heterocycles. The van der Waals surface area contributed by atoms with E-state index in [1.165, 1.54) is 24.8 Å². The van der Waals surface area contributed by atoms with Crippen LogP contribution < -0.4 is 0 Å². The Morgan fingerprint density at radius 1 is 1.19 bits per heavy atom. The predicted octanol–water partition coefficient (Wildman–Crippen LogP) is 5.08. The second-order valence-electron chi connectivity index (χ2n) is 8.71. The zero-order valence-corrected chi connectivity index (χ0v) is 20.4. The molecule has 7 heteroatoms. The molecule has 0 saturated carbocycles. The maximum atomic E-state index is 11.9. The Bertz CT molecular complexity index is 1020. The van der Waals surface area contributed by atoms with Gasteiger partial charge in [-0.2, -0.15) is 0 Å². The molecule has 1 aromatic carbocycles. The number of likely N-dealkylation sites (tertiary alicyclic amines) is 1. The van der Waals surface area contributed by atoms with E-state index < -0.39 is 0 Å². The Balaban J connectivity index is 0.000000182. The molecule has 1 fully saturated rings. The van der Waals surface area contributed by atoms with E-state index in [-0.39, 0.29) is 5.91 Å². The van der Waals surface area contributed by atoms with Crippen molar-refractivity contribution in [2.24, 2.45) is 0 Å². The highest BCUT2D eigenvalue weighted by atomic mass is 32.1. The molecule has 4 rings (SSSR count). The molecule has 1 aliphatic rings. The first-order valence-electron chi connectivity index (χ1n) is 11.4. The molecule has 2 aromatic heterocycles. The lowest BCUT2D eigenvalue weighted by Gasteiger charge is -2.26. The van der Waals surface area contributed by atoms with Gasteiger partial charge in [0.05, 0.1) is 5.01 Å². The van der Waals surface area contributed by atoms with Crippen LogP contribution in [0.5, 0.6) is 0 Å². The van der Waals surface area contributed by atoms with Crippen molar-refractivity contribution in [1.29, 1.82) is 0 Å². The smallest absolute Gasteiger partial charge is 0.269 e.